The molecular weight excluding hydrogens is 273 g/mol. The molecule has 0 aliphatic carbocycles. The number of amides is 1. The Morgan fingerprint density at radius 1 is 1.40 bits per heavy atom. The van der Waals surface area contributed by atoms with Crippen molar-refractivity contribution in [1.82, 2.24) is 4.90 Å². The predicted molar refractivity (Wildman–Crippen MR) is 82.1 cm³/mol. The molecule has 0 radical (unpaired) electrons. The summed E-state index contributed by atoms with van der Waals surface area (Å²) in [5.41, 5.74) is 0.898. The first-order chi connectivity index (χ1) is 9.72. The highest BCUT2D eigenvalue weighted by Gasteiger charge is 2.30. The average molecular weight is 295 g/mol. The van der Waals surface area contributed by atoms with E-state index in [1.807, 2.05) is 11.0 Å². The number of halogens is 1. The molecule has 1 amide bonds. The number of rotatable bonds is 6. The fourth-order valence-electron chi connectivity index (χ4n) is 2.51. The first-order valence-corrected chi connectivity index (χ1v) is 8.43. The third-order valence-corrected chi connectivity index (χ3v) is 4.85. The van der Waals surface area contributed by atoms with E-state index in [-0.39, 0.29) is 17.1 Å². The molecule has 2 rings (SSSR count). The second-order valence-corrected chi connectivity index (χ2v) is 6.36. The summed E-state index contributed by atoms with van der Waals surface area (Å²) < 4.78 is 13.3. The maximum atomic E-state index is 13.3. The molecule has 1 aromatic rings. The summed E-state index contributed by atoms with van der Waals surface area (Å²) in [5.74, 6) is 0.910. The van der Waals surface area contributed by atoms with Gasteiger partial charge in [0, 0.05) is 18.7 Å². The lowest BCUT2D eigenvalue weighted by atomic mass is 10.1. The van der Waals surface area contributed by atoms with Crippen LogP contribution in [-0.4, -0.2) is 23.1 Å². The van der Waals surface area contributed by atoms with Crippen molar-refractivity contribution in [3.63, 3.8) is 0 Å². The lowest BCUT2D eigenvalue weighted by Crippen LogP contribution is -2.30. The van der Waals surface area contributed by atoms with Crippen molar-refractivity contribution in [3.8, 4) is 0 Å². The predicted octanol–water partition coefficient (Wildman–Crippen LogP) is 4.37. The van der Waals surface area contributed by atoms with Crippen LogP contribution < -0.4 is 0 Å². The van der Waals surface area contributed by atoms with Gasteiger partial charge in [0.25, 0.3) is 0 Å². The van der Waals surface area contributed by atoms with Crippen LogP contribution in [0.25, 0.3) is 0 Å². The molecule has 1 fully saturated rings. The van der Waals surface area contributed by atoms with Crippen LogP contribution in [0.1, 0.15) is 50.0 Å². The zero-order chi connectivity index (χ0) is 14.4. The van der Waals surface area contributed by atoms with Crippen LogP contribution in [0.2, 0.25) is 0 Å². The van der Waals surface area contributed by atoms with Crippen LogP contribution in [-0.2, 0) is 4.79 Å². The monoisotopic (exact) mass is 295 g/mol. The van der Waals surface area contributed by atoms with Crippen LogP contribution in [0.15, 0.2) is 24.3 Å². The van der Waals surface area contributed by atoms with Gasteiger partial charge in [-0.15, -0.1) is 11.8 Å². The first kappa shape index (κ1) is 15.4. The number of carbonyl (C=O) groups excluding carboxylic acids is 1. The number of benzene rings is 1. The van der Waals surface area contributed by atoms with Crippen LogP contribution in [0.4, 0.5) is 4.39 Å². The van der Waals surface area contributed by atoms with E-state index in [0.717, 1.165) is 30.7 Å². The van der Waals surface area contributed by atoms with Crippen LogP contribution in [0.3, 0.4) is 0 Å². The summed E-state index contributed by atoms with van der Waals surface area (Å²) in [6.45, 7) is 2.94. The molecule has 0 aromatic heterocycles. The molecule has 0 spiro atoms. The number of hydrogen-bond donors (Lipinski definition) is 0. The summed E-state index contributed by atoms with van der Waals surface area (Å²) in [6.07, 6.45) is 5.07. The maximum absolute atomic E-state index is 13.3. The molecular formula is C16H22FNOS. The summed E-state index contributed by atoms with van der Waals surface area (Å²) in [6, 6.07) is 6.61. The molecule has 1 saturated heterocycles. The van der Waals surface area contributed by atoms with Crippen molar-refractivity contribution in [1.29, 1.82) is 0 Å². The van der Waals surface area contributed by atoms with E-state index in [0.29, 0.717) is 6.42 Å². The molecule has 0 N–H and O–H groups in total. The Kier molecular flexibility index (Phi) is 5.89. The second kappa shape index (κ2) is 7.67. The largest absolute Gasteiger partial charge is 0.326 e. The molecule has 1 aliphatic heterocycles. The van der Waals surface area contributed by atoms with Gasteiger partial charge in [0.2, 0.25) is 5.91 Å². The van der Waals surface area contributed by atoms with E-state index in [4.69, 9.17) is 0 Å². The van der Waals surface area contributed by atoms with Crippen molar-refractivity contribution in [2.45, 2.75) is 44.4 Å². The minimum atomic E-state index is -0.231. The third-order valence-electron chi connectivity index (χ3n) is 3.59. The lowest BCUT2D eigenvalue weighted by molar-refractivity contribution is -0.131. The second-order valence-electron chi connectivity index (χ2n) is 5.18. The molecule has 1 aromatic carbocycles. The zero-order valence-electron chi connectivity index (χ0n) is 12.0. The molecule has 110 valence electrons. The molecule has 0 bridgehead atoms. The van der Waals surface area contributed by atoms with Crippen molar-refractivity contribution in [2.24, 2.45) is 0 Å². The Bertz CT molecular complexity index is 452. The van der Waals surface area contributed by atoms with E-state index < -0.39 is 0 Å². The molecule has 1 atom stereocenters. The molecule has 1 aliphatic rings. The highest BCUT2D eigenvalue weighted by atomic mass is 32.2. The number of thioether (sulfide) groups is 1. The van der Waals surface area contributed by atoms with Gasteiger partial charge in [0.05, 0.1) is 0 Å². The van der Waals surface area contributed by atoms with E-state index in [2.05, 4.69) is 6.92 Å². The minimum Gasteiger partial charge on any atom is -0.326 e. The maximum Gasteiger partial charge on any atom is 0.223 e. The minimum absolute atomic E-state index is 0.00984. The summed E-state index contributed by atoms with van der Waals surface area (Å²) in [5, 5.41) is -0.00984. The van der Waals surface area contributed by atoms with Gasteiger partial charge in [-0.1, -0.05) is 38.3 Å². The Morgan fingerprint density at radius 3 is 3.00 bits per heavy atom. The average Bonchev–Trinajstić information content (AvgIpc) is 2.93. The number of hydrogen-bond acceptors (Lipinski definition) is 2. The SMILES string of the molecule is CCCCCCC(=O)N1CCS[C@H]1c1cccc(F)c1. The Hall–Kier alpha value is -1.03. The molecule has 0 unspecified atom stereocenters. The van der Waals surface area contributed by atoms with E-state index in [9.17, 15) is 9.18 Å². The van der Waals surface area contributed by atoms with Gasteiger partial charge in [-0.25, -0.2) is 4.39 Å². The van der Waals surface area contributed by atoms with E-state index in [1.165, 1.54) is 18.9 Å². The quantitative estimate of drug-likeness (QED) is 0.726. The van der Waals surface area contributed by atoms with Crippen LogP contribution >= 0.6 is 11.8 Å². The smallest absolute Gasteiger partial charge is 0.223 e. The van der Waals surface area contributed by atoms with Crippen LogP contribution in [0, 0.1) is 5.82 Å². The standard InChI is InChI=1S/C16H22FNOS/c1-2-3-4-5-9-15(19)18-10-11-20-16(18)13-7-6-8-14(17)12-13/h6-8,12,16H,2-5,9-11H2,1H3/t16-/m0/s1. The summed E-state index contributed by atoms with van der Waals surface area (Å²) in [7, 11) is 0. The molecule has 1 heterocycles. The Labute approximate surface area is 124 Å². The molecule has 4 heteroatoms. The van der Waals surface area contributed by atoms with E-state index in [1.54, 1.807) is 23.9 Å². The molecule has 0 saturated carbocycles. The fourth-order valence-corrected chi connectivity index (χ4v) is 3.78. The molecule has 20 heavy (non-hydrogen) atoms. The van der Waals surface area contributed by atoms with E-state index >= 15 is 0 Å². The highest BCUT2D eigenvalue weighted by Crippen LogP contribution is 2.38. The summed E-state index contributed by atoms with van der Waals surface area (Å²) in [4.78, 5) is 14.2. The summed E-state index contributed by atoms with van der Waals surface area (Å²) >= 11 is 1.72. The van der Waals surface area contributed by atoms with Gasteiger partial charge in [-0.2, -0.15) is 0 Å². The van der Waals surface area contributed by atoms with Gasteiger partial charge >= 0.3 is 0 Å². The third kappa shape index (κ3) is 3.98. The Balaban J connectivity index is 1.95. The van der Waals surface area contributed by atoms with Crippen LogP contribution in [0.5, 0.6) is 0 Å². The van der Waals surface area contributed by atoms with Gasteiger partial charge in [-0.3, -0.25) is 4.79 Å². The Morgan fingerprint density at radius 2 is 2.25 bits per heavy atom. The number of carbonyl (C=O) groups is 1. The van der Waals surface area contributed by atoms with Crippen molar-refractivity contribution in [3.05, 3.63) is 35.6 Å². The van der Waals surface area contributed by atoms with Gasteiger partial charge in [0.15, 0.2) is 0 Å². The van der Waals surface area contributed by atoms with Gasteiger partial charge in [-0.05, 0) is 24.1 Å². The fraction of sp³-hybridized carbons (Fsp3) is 0.562. The number of nitrogens with zero attached hydrogens (tertiary/aromatic N) is 1. The lowest BCUT2D eigenvalue weighted by Gasteiger charge is -2.24. The number of unbranched alkanes of at least 4 members (excludes halogenated alkanes) is 3. The zero-order valence-corrected chi connectivity index (χ0v) is 12.8. The first-order valence-electron chi connectivity index (χ1n) is 7.39. The normalized spacial score (nSPS) is 18.5. The van der Waals surface area contributed by atoms with Crippen molar-refractivity contribution in [2.75, 3.05) is 12.3 Å². The van der Waals surface area contributed by atoms with Gasteiger partial charge < -0.3 is 4.90 Å². The van der Waals surface area contributed by atoms with Gasteiger partial charge in [0.1, 0.15) is 11.2 Å². The van der Waals surface area contributed by atoms with Crippen molar-refractivity contribution >= 4 is 17.7 Å². The molecule has 2 nitrogen and oxygen atoms in total. The van der Waals surface area contributed by atoms with Crippen molar-refractivity contribution < 1.29 is 9.18 Å². The topological polar surface area (TPSA) is 20.3 Å². The highest BCUT2D eigenvalue weighted by molar-refractivity contribution is 7.99.